The Morgan fingerprint density at radius 2 is 2.06 bits per heavy atom. The van der Waals surface area contributed by atoms with Gasteiger partial charge in [-0.05, 0) is 29.7 Å². The van der Waals surface area contributed by atoms with Crippen molar-refractivity contribution < 1.29 is 4.79 Å². The van der Waals surface area contributed by atoms with E-state index in [0.29, 0.717) is 11.7 Å². The molecule has 0 amide bonds. The molecule has 1 fully saturated rings. The molecule has 2 atom stereocenters. The first kappa shape index (κ1) is 10.1. The van der Waals surface area contributed by atoms with E-state index in [4.69, 9.17) is 0 Å². The van der Waals surface area contributed by atoms with Crippen LogP contribution in [0.2, 0.25) is 0 Å². The van der Waals surface area contributed by atoms with Gasteiger partial charge in [0.25, 0.3) is 0 Å². The predicted octanol–water partition coefficient (Wildman–Crippen LogP) is 3.72. The number of benzene rings is 1. The Morgan fingerprint density at radius 1 is 1.25 bits per heavy atom. The number of rotatable bonds is 0. The van der Waals surface area contributed by atoms with Gasteiger partial charge < -0.3 is 0 Å². The molecule has 84 valence electrons. The Morgan fingerprint density at radius 3 is 2.94 bits per heavy atom. The second-order valence-corrected chi connectivity index (χ2v) is 5.53. The molecule has 0 aliphatic heterocycles. The van der Waals surface area contributed by atoms with Crippen LogP contribution in [0, 0.1) is 5.92 Å². The smallest absolute Gasteiger partial charge is 0.163 e. The molecule has 2 aliphatic rings. The van der Waals surface area contributed by atoms with Crippen LogP contribution in [0.25, 0.3) is 0 Å². The molecule has 0 heterocycles. The zero-order valence-electron chi connectivity index (χ0n) is 9.83. The summed E-state index contributed by atoms with van der Waals surface area (Å²) in [5.41, 5.74) is 2.57. The maximum atomic E-state index is 12.1. The maximum Gasteiger partial charge on any atom is 0.163 e. The first-order valence-electron chi connectivity index (χ1n) is 6.34. The van der Waals surface area contributed by atoms with Crippen molar-refractivity contribution in [2.75, 3.05) is 0 Å². The number of ketones is 1. The lowest BCUT2D eigenvalue weighted by molar-refractivity contribution is 0.0859. The van der Waals surface area contributed by atoms with Gasteiger partial charge in [0.2, 0.25) is 0 Å². The Labute approximate surface area is 96.9 Å². The van der Waals surface area contributed by atoms with E-state index in [1.807, 2.05) is 12.1 Å². The summed E-state index contributed by atoms with van der Waals surface area (Å²) in [4.78, 5) is 12.1. The lowest BCUT2D eigenvalue weighted by atomic mass is 9.58. The van der Waals surface area contributed by atoms with Crippen molar-refractivity contribution in [3.63, 3.8) is 0 Å². The van der Waals surface area contributed by atoms with Crippen LogP contribution in [0.15, 0.2) is 24.3 Å². The van der Waals surface area contributed by atoms with Gasteiger partial charge in [-0.2, -0.15) is 0 Å². The number of hydrogen-bond acceptors (Lipinski definition) is 1. The summed E-state index contributed by atoms with van der Waals surface area (Å²) in [6.45, 7) is 2.36. The molecule has 1 saturated carbocycles. The topological polar surface area (TPSA) is 17.1 Å². The molecule has 0 aromatic heterocycles. The molecule has 1 aromatic rings. The lowest BCUT2D eigenvalue weighted by Gasteiger charge is -2.45. The quantitative estimate of drug-likeness (QED) is 0.643. The summed E-state index contributed by atoms with van der Waals surface area (Å²) in [7, 11) is 0. The molecule has 3 rings (SSSR count). The van der Waals surface area contributed by atoms with E-state index in [1.165, 1.54) is 31.2 Å². The highest BCUT2D eigenvalue weighted by atomic mass is 16.1. The fraction of sp³-hybridized carbons (Fsp3) is 0.533. The average Bonchev–Trinajstić information content (AvgIpc) is 2.31. The molecule has 0 unspecified atom stereocenters. The zero-order valence-corrected chi connectivity index (χ0v) is 9.83. The number of hydrogen-bond donors (Lipinski definition) is 0. The van der Waals surface area contributed by atoms with Crippen LogP contribution < -0.4 is 0 Å². The standard InChI is InChI=1S/C15H18O/c1-15-9-5-4-6-11(15)10-14(16)12-7-2-3-8-13(12)15/h2-3,7-8,11H,4-6,9-10H2,1H3/t11-,15-/m0/s1. The normalized spacial score (nSPS) is 33.1. The van der Waals surface area contributed by atoms with Crippen molar-refractivity contribution in [3.05, 3.63) is 35.4 Å². The van der Waals surface area contributed by atoms with Crippen molar-refractivity contribution in [2.45, 2.75) is 44.4 Å². The zero-order chi connectivity index (χ0) is 11.2. The van der Waals surface area contributed by atoms with E-state index < -0.39 is 0 Å². The molecule has 1 heteroatoms. The van der Waals surface area contributed by atoms with Gasteiger partial charge in [0.05, 0.1) is 0 Å². The van der Waals surface area contributed by atoms with Crippen LogP contribution >= 0.6 is 0 Å². The minimum atomic E-state index is 0.267. The summed E-state index contributed by atoms with van der Waals surface area (Å²) in [5, 5.41) is 0. The molecule has 0 spiro atoms. The van der Waals surface area contributed by atoms with Crippen LogP contribution in [0.4, 0.5) is 0 Å². The third kappa shape index (κ3) is 1.27. The summed E-state index contributed by atoms with van der Waals surface area (Å²) in [6.07, 6.45) is 5.87. The van der Waals surface area contributed by atoms with Gasteiger partial charge in [-0.1, -0.05) is 44.0 Å². The van der Waals surface area contributed by atoms with E-state index in [1.54, 1.807) is 0 Å². The molecule has 0 radical (unpaired) electrons. The summed E-state index contributed by atoms with van der Waals surface area (Å²) in [5.74, 6) is 0.948. The molecule has 1 aromatic carbocycles. The summed E-state index contributed by atoms with van der Waals surface area (Å²) >= 11 is 0. The van der Waals surface area contributed by atoms with Gasteiger partial charge in [0.15, 0.2) is 5.78 Å². The fourth-order valence-electron chi connectivity index (χ4n) is 3.65. The van der Waals surface area contributed by atoms with E-state index >= 15 is 0 Å². The largest absolute Gasteiger partial charge is 0.294 e. The van der Waals surface area contributed by atoms with Gasteiger partial charge in [0, 0.05) is 12.0 Å². The molecule has 0 bridgehead atoms. The number of carbonyl (C=O) groups excluding carboxylic acids is 1. The van der Waals surface area contributed by atoms with E-state index in [2.05, 4.69) is 19.1 Å². The average molecular weight is 214 g/mol. The Hall–Kier alpha value is -1.11. The highest BCUT2D eigenvalue weighted by Crippen LogP contribution is 2.49. The van der Waals surface area contributed by atoms with Crippen molar-refractivity contribution in [2.24, 2.45) is 5.92 Å². The highest BCUT2D eigenvalue weighted by molar-refractivity contribution is 5.99. The molecular weight excluding hydrogens is 196 g/mol. The van der Waals surface area contributed by atoms with E-state index in [0.717, 1.165) is 12.0 Å². The Balaban J connectivity index is 2.16. The fourth-order valence-corrected chi connectivity index (χ4v) is 3.65. The molecule has 1 nitrogen and oxygen atoms in total. The molecule has 0 N–H and O–H groups in total. The minimum Gasteiger partial charge on any atom is -0.294 e. The van der Waals surface area contributed by atoms with Crippen molar-refractivity contribution in [1.82, 2.24) is 0 Å². The monoisotopic (exact) mass is 214 g/mol. The number of carbonyl (C=O) groups is 1. The summed E-state index contributed by atoms with van der Waals surface area (Å²) in [6, 6.07) is 8.25. The Bertz CT molecular complexity index is 435. The van der Waals surface area contributed by atoms with Crippen molar-refractivity contribution in [1.29, 1.82) is 0 Å². The predicted molar refractivity (Wildman–Crippen MR) is 64.7 cm³/mol. The molecule has 0 saturated heterocycles. The van der Waals surface area contributed by atoms with Gasteiger partial charge >= 0.3 is 0 Å². The first-order valence-corrected chi connectivity index (χ1v) is 6.34. The van der Waals surface area contributed by atoms with E-state index in [9.17, 15) is 4.79 Å². The molecular formula is C15H18O. The molecule has 16 heavy (non-hydrogen) atoms. The van der Waals surface area contributed by atoms with Crippen molar-refractivity contribution >= 4 is 5.78 Å². The third-order valence-corrected chi connectivity index (χ3v) is 4.67. The summed E-state index contributed by atoms with van der Waals surface area (Å²) < 4.78 is 0. The molecule has 2 aliphatic carbocycles. The maximum absolute atomic E-state index is 12.1. The third-order valence-electron chi connectivity index (χ3n) is 4.67. The van der Waals surface area contributed by atoms with Gasteiger partial charge in [-0.3, -0.25) is 4.79 Å². The number of Topliss-reactive ketones (excluding diaryl/α,β-unsaturated/α-hetero) is 1. The van der Waals surface area contributed by atoms with Crippen LogP contribution in [-0.2, 0) is 5.41 Å². The lowest BCUT2D eigenvalue weighted by Crippen LogP contribution is -2.41. The van der Waals surface area contributed by atoms with Gasteiger partial charge in [-0.15, -0.1) is 0 Å². The second-order valence-electron chi connectivity index (χ2n) is 5.53. The second kappa shape index (κ2) is 3.44. The number of fused-ring (bicyclic) bond motifs is 3. The van der Waals surface area contributed by atoms with Crippen LogP contribution in [0.3, 0.4) is 0 Å². The van der Waals surface area contributed by atoms with Crippen LogP contribution in [0.1, 0.15) is 54.9 Å². The van der Waals surface area contributed by atoms with Gasteiger partial charge in [0.1, 0.15) is 0 Å². The first-order chi connectivity index (χ1) is 7.72. The Kier molecular flexibility index (Phi) is 2.17. The van der Waals surface area contributed by atoms with Gasteiger partial charge in [-0.25, -0.2) is 0 Å². The van der Waals surface area contributed by atoms with E-state index in [-0.39, 0.29) is 5.41 Å². The van der Waals surface area contributed by atoms with Crippen LogP contribution in [-0.4, -0.2) is 5.78 Å². The SMILES string of the molecule is C[C@]12CCCC[C@H]1CC(=O)c1ccccc12. The van der Waals surface area contributed by atoms with Crippen molar-refractivity contribution in [3.8, 4) is 0 Å². The highest BCUT2D eigenvalue weighted by Gasteiger charge is 2.44. The van der Waals surface area contributed by atoms with Crippen LogP contribution in [0.5, 0.6) is 0 Å². The minimum absolute atomic E-state index is 0.267.